The van der Waals surface area contributed by atoms with Gasteiger partial charge in [0.25, 0.3) is 0 Å². The van der Waals surface area contributed by atoms with Gasteiger partial charge in [0.15, 0.2) is 0 Å². The molecule has 0 aromatic rings. The van der Waals surface area contributed by atoms with Gasteiger partial charge >= 0.3 is 0 Å². The van der Waals surface area contributed by atoms with Gasteiger partial charge in [-0.15, -0.1) is 23.2 Å². The number of halogens is 7. The van der Waals surface area contributed by atoms with E-state index < -0.39 is 4.33 Å². The Hall–Kier alpha value is 0.230. The molecule has 0 saturated carbocycles. The van der Waals surface area contributed by atoms with Crippen molar-refractivity contribution in [1.29, 1.82) is 0 Å². The highest BCUT2D eigenvalue weighted by molar-refractivity contribution is 6.47. The molecule has 0 aliphatic rings. The molecule has 0 aromatic carbocycles. The maximum Gasteiger partial charge on any atom is 0.112 e. The normalized spacial score (nSPS) is 6.00. The Morgan fingerprint density at radius 1 is 0.700 bits per heavy atom. The number of rotatable bonds is 0. The quantitative estimate of drug-likeness (QED) is 0.428. The molecule has 7 heteroatoms. The Bertz CT molecular complexity index is 30.4. The first-order chi connectivity index (χ1) is 2.00. The van der Waals surface area contributed by atoms with E-state index in [1.165, 1.54) is 0 Å². The monoisotopic (exact) mass is 212 g/mol. The van der Waals surface area contributed by atoms with Crippen LogP contribution in [-0.2, 0) is 0 Å². The number of hydrogen-bond donors (Lipinski definition) is 0. The summed E-state index contributed by atoms with van der Waals surface area (Å²) in [6, 6.07) is 0. The van der Waals surface area contributed by atoms with Gasteiger partial charge < -0.3 is 0 Å². The van der Waals surface area contributed by atoms with E-state index in [9.17, 15) is 0 Å². The van der Waals surface area contributed by atoms with Crippen LogP contribution in [0.3, 0.4) is 0 Å². The van der Waals surface area contributed by atoms with Crippen LogP contribution in [0.2, 0.25) is 0 Å². The van der Waals surface area contributed by atoms with Crippen molar-refractivity contribution in [3.8, 4) is 0 Å². The van der Waals surface area contributed by atoms with Crippen LogP contribution in [-0.4, -0.2) is 4.33 Å². The van der Waals surface area contributed by atoms with Crippen LogP contribution in [0.5, 0.6) is 0 Å². The second-order valence-corrected chi connectivity index (χ2v) is 3.41. The fraction of sp³-hybridized carbons (Fsp3) is 1.00. The SMILES string of the molecule is CC(C)(Cl)Cl.F.F.F.F.F. The van der Waals surface area contributed by atoms with Crippen molar-refractivity contribution in [2.75, 3.05) is 0 Å². The summed E-state index contributed by atoms with van der Waals surface area (Å²) >= 11 is 10.6. The Kier molecular flexibility index (Phi) is 78.5. The molecule has 0 radical (unpaired) electrons. The molecule has 0 atom stereocenters. The average Bonchev–Trinajstić information content (AvgIpc) is 0.722. The molecule has 0 heterocycles. The van der Waals surface area contributed by atoms with Gasteiger partial charge in [-0.3, -0.25) is 23.5 Å². The molecule has 0 aliphatic heterocycles. The Morgan fingerprint density at radius 3 is 0.700 bits per heavy atom. The molecule has 10 heavy (non-hydrogen) atoms. The molecule has 0 aliphatic carbocycles. The van der Waals surface area contributed by atoms with Crippen molar-refractivity contribution >= 4 is 23.2 Å². The topological polar surface area (TPSA) is 0 Å². The molecule has 0 saturated heterocycles. The second-order valence-electron chi connectivity index (χ2n) is 1.33. The largest absolute Gasteiger partial charge is 0.269 e. The van der Waals surface area contributed by atoms with Gasteiger partial charge in [-0.25, -0.2) is 0 Å². The summed E-state index contributed by atoms with van der Waals surface area (Å²) in [6.07, 6.45) is 0. The maximum absolute atomic E-state index is 5.30. The molecule has 0 bridgehead atoms. The molecule has 0 fully saturated rings. The summed E-state index contributed by atoms with van der Waals surface area (Å²) in [7, 11) is 0. The third kappa shape index (κ3) is 8130. The van der Waals surface area contributed by atoms with E-state index in [4.69, 9.17) is 23.2 Å². The van der Waals surface area contributed by atoms with E-state index in [0.29, 0.717) is 0 Å². The molecule has 72 valence electrons. The lowest BCUT2D eigenvalue weighted by Crippen LogP contribution is -1.93. The van der Waals surface area contributed by atoms with Crippen molar-refractivity contribution in [3.63, 3.8) is 0 Å². The summed E-state index contributed by atoms with van der Waals surface area (Å²) in [5, 5.41) is 0. The van der Waals surface area contributed by atoms with E-state index >= 15 is 0 Å². The minimum absolute atomic E-state index is 0. The Balaban J connectivity index is -0.00000000800. The van der Waals surface area contributed by atoms with Gasteiger partial charge in [0, 0.05) is 0 Å². The third-order valence-corrected chi connectivity index (χ3v) is 0. The van der Waals surface area contributed by atoms with Crippen LogP contribution < -0.4 is 0 Å². The van der Waals surface area contributed by atoms with Crippen LogP contribution in [0.1, 0.15) is 13.8 Å². The zero-order valence-electron chi connectivity index (χ0n) is 5.30. The lowest BCUT2D eigenvalue weighted by molar-refractivity contribution is 0.995. The predicted molar refractivity (Wildman–Crippen MR) is 38.3 cm³/mol. The lowest BCUT2D eigenvalue weighted by Gasteiger charge is -1.98. The first-order valence-corrected chi connectivity index (χ1v) is 2.13. The van der Waals surface area contributed by atoms with Crippen LogP contribution in [0.25, 0.3) is 0 Å². The Labute approximate surface area is 65.7 Å². The van der Waals surface area contributed by atoms with E-state index in [1.54, 1.807) is 13.8 Å². The van der Waals surface area contributed by atoms with Crippen molar-refractivity contribution in [1.82, 2.24) is 0 Å². The molecule has 0 spiro atoms. The summed E-state index contributed by atoms with van der Waals surface area (Å²) in [6.45, 7) is 3.44. The van der Waals surface area contributed by atoms with Crippen molar-refractivity contribution < 1.29 is 23.5 Å². The second kappa shape index (κ2) is 16.1. The smallest absolute Gasteiger partial charge is 0.112 e. The standard InChI is InChI=1S/C3H6Cl2.5FH/c1-3(2,4)5;;;;;/h1-2H3;5*1H. The zero-order valence-corrected chi connectivity index (χ0v) is 6.81. The fourth-order valence-corrected chi connectivity index (χ4v) is 0. The summed E-state index contributed by atoms with van der Waals surface area (Å²) in [4.78, 5) is 0. The van der Waals surface area contributed by atoms with Gasteiger partial charge in [0.2, 0.25) is 0 Å². The van der Waals surface area contributed by atoms with Crippen LogP contribution in [0.4, 0.5) is 23.5 Å². The Morgan fingerprint density at radius 2 is 0.700 bits per heavy atom. The molecule has 0 unspecified atom stereocenters. The predicted octanol–water partition coefficient (Wildman–Crippen LogP) is 2.96. The van der Waals surface area contributed by atoms with Crippen molar-refractivity contribution in [2.45, 2.75) is 18.2 Å². The third-order valence-electron chi connectivity index (χ3n) is 0. The molecule has 0 aromatic heterocycles. The van der Waals surface area contributed by atoms with Gasteiger partial charge in [0.05, 0.1) is 0 Å². The molecule has 0 nitrogen and oxygen atoms in total. The van der Waals surface area contributed by atoms with Crippen LogP contribution >= 0.6 is 23.2 Å². The first kappa shape index (κ1) is 48.7. The van der Waals surface area contributed by atoms with E-state index in [2.05, 4.69) is 0 Å². The number of hydrogen-bond acceptors (Lipinski definition) is 0. The zero-order chi connectivity index (χ0) is 4.50. The molecular formula is C3H11Cl2F5. The van der Waals surface area contributed by atoms with Gasteiger partial charge in [-0.05, 0) is 13.8 Å². The minimum Gasteiger partial charge on any atom is -0.269 e. The lowest BCUT2D eigenvalue weighted by atomic mass is 10.6. The highest BCUT2D eigenvalue weighted by Crippen LogP contribution is 2.16. The first-order valence-electron chi connectivity index (χ1n) is 1.38. The van der Waals surface area contributed by atoms with Crippen LogP contribution in [0, 0.1) is 0 Å². The van der Waals surface area contributed by atoms with Crippen molar-refractivity contribution in [2.24, 2.45) is 0 Å². The van der Waals surface area contributed by atoms with E-state index in [0.717, 1.165) is 0 Å². The molecular weight excluding hydrogens is 202 g/mol. The van der Waals surface area contributed by atoms with Gasteiger partial charge in [-0.2, -0.15) is 0 Å². The maximum atomic E-state index is 5.30. The van der Waals surface area contributed by atoms with Gasteiger partial charge in [-0.1, -0.05) is 0 Å². The van der Waals surface area contributed by atoms with Crippen LogP contribution in [0.15, 0.2) is 0 Å². The van der Waals surface area contributed by atoms with Crippen molar-refractivity contribution in [3.05, 3.63) is 0 Å². The minimum atomic E-state index is -0.556. The number of alkyl halides is 2. The average molecular weight is 213 g/mol. The molecule has 0 amide bonds. The molecule has 0 N–H and O–H groups in total. The summed E-state index contributed by atoms with van der Waals surface area (Å²) in [5.41, 5.74) is 0. The highest BCUT2D eigenvalue weighted by atomic mass is 35.5. The van der Waals surface area contributed by atoms with Gasteiger partial charge in [0.1, 0.15) is 4.33 Å². The summed E-state index contributed by atoms with van der Waals surface area (Å²) < 4.78 is -0.556. The fourth-order valence-electron chi connectivity index (χ4n) is 0. The van der Waals surface area contributed by atoms with E-state index in [1.807, 2.05) is 0 Å². The summed E-state index contributed by atoms with van der Waals surface area (Å²) in [5.74, 6) is 0. The van der Waals surface area contributed by atoms with E-state index in [-0.39, 0.29) is 23.5 Å². The molecule has 0 rings (SSSR count). The highest BCUT2D eigenvalue weighted by Gasteiger charge is 2.03.